The molecule has 0 saturated carbocycles. The van der Waals surface area contributed by atoms with Gasteiger partial charge in [0.25, 0.3) is 0 Å². The van der Waals surface area contributed by atoms with Gasteiger partial charge in [0.1, 0.15) is 0 Å². The lowest BCUT2D eigenvalue weighted by atomic mass is 10.3. The smallest absolute Gasteiger partial charge is 0.0815 e. The van der Waals surface area contributed by atoms with E-state index < -0.39 is 0 Å². The van der Waals surface area contributed by atoms with Gasteiger partial charge in [0.15, 0.2) is 0 Å². The van der Waals surface area contributed by atoms with Crippen LogP contribution in [0, 0.1) is 3.57 Å². The molecule has 5 heteroatoms. The second-order valence-corrected chi connectivity index (χ2v) is 6.01. The molecule has 1 heterocycles. The molecule has 1 N–H and O–H groups in total. The van der Waals surface area contributed by atoms with Crippen molar-refractivity contribution in [2.45, 2.75) is 26.4 Å². The Bertz CT molecular complexity index is 537. The van der Waals surface area contributed by atoms with E-state index in [0.717, 1.165) is 20.0 Å². The van der Waals surface area contributed by atoms with Crippen LogP contribution in [0.5, 0.6) is 0 Å². The highest BCUT2D eigenvalue weighted by molar-refractivity contribution is 14.1. The minimum absolute atomic E-state index is 0.389. The van der Waals surface area contributed by atoms with Crippen molar-refractivity contribution in [3.05, 3.63) is 44.7 Å². The number of rotatable bonds is 4. The molecule has 0 aliphatic rings. The monoisotopic (exact) mass is 375 g/mol. The van der Waals surface area contributed by atoms with E-state index in [1.807, 2.05) is 35.1 Å². The second kappa shape index (κ2) is 5.93. The molecule has 2 aromatic rings. The number of nitrogens with zero attached hydrogens (tertiary/aromatic N) is 2. The topological polar surface area (TPSA) is 29.9 Å². The summed E-state index contributed by atoms with van der Waals surface area (Å²) in [6.45, 7) is 4.90. The first-order chi connectivity index (χ1) is 8.56. The van der Waals surface area contributed by atoms with Gasteiger partial charge in [0, 0.05) is 15.8 Å². The lowest BCUT2D eigenvalue weighted by Crippen LogP contribution is -2.05. The fourth-order valence-electron chi connectivity index (χ4n) is 1.58. The lowest BCUT2D eigenvalue weighted by molar-refractivity contribution is 0.527. The fourth-order valence-corrected chi connectivity index (χ4v) is 2.50. The predicted octanol–water partition coefficient (Wildman–Crippen LogP) is 4.33. The van der Waals surface area contributed by atoms with Crippen molar-refractivity contribution in [2.75, 3.05) is 5.32 Å². The zero-order valence-corrected chi connectivity index (χ0v) is 13.2. The minimum Gasteiger partial charge on any atom is -0.378 e. The first kappa shape index (κ1) is 13.7. The number of benzene rings is 1. The summed E-state index contributed by atoms with van der Waals surface area (Å²) >= 11 is 8.40. The summed E-state index contributed by atoms with van der Waals surface area (Å²) in [7, 11) is 0. The van der Waals surface area contributed by atoms with Gasteiger partial charge in [0.2, 0.25) is 0 Å². The van der Waals surface area contributed by atoms with Crippen LogP contribution in [0.25, 0.3) is 0 Å². The summed E-state index contributed by atoms with van der Waals surface area (Å²) < 4.78 is 3.08. The van der Waals surface area contributed by atoms with Gasteiger partial charge in [-0.1, -0.05) is 11.6 Å². The van der Waals surface area contributed by atoms with E-state index in [1.165, 1.54) is 0 Å². The second-order valence-electron chi connectivity index (χ2n) is 4.36. The highest BCUT2D eigenvalue weighted by Gasteiger charge is 2.04. The van der Waals surface area contributed by atoms with Crippen LogP contribution >= 0.6 is 34.2 Å². The van der Waals surface area contributed by atoms with Crippen LogP contribution in [0.15, 0.2) is 30.5 Å². The molecule has 0 aliphatic heterocycles. The van der Waals surface area contributed by atoms with Crippen molar-refractivity contribution in [2.24, 2.45) is 0 Å². The molecule has 0 unspecified atom stereocenters. The van der Waals surface area contributed by atoms with Crippen molar-refractivity contribution in [1.82, 2.24) is 9.78 Å². The third-order valence-electron chi connectivity index (χ3n) is 2.58. The minimum atomic E-state index is 0.389. The molecule has 2 rings (SSSR count). The fraction of sp³-hybridized carbons (Fsp3) is 0.308. The molecule has 96 valence electrons. The molecule has 0 atom stereocenters. The Labute approximate surface area is 126 Å². The zero-order chi connectivity index (χ0) is 13.1. The number of halogens is 2. The summed E-state index contributed by atoms with van der Waals surface area (Å²) in [6, 6.07) is 8.37. The van der Waals surface area contributed by atoms with Crippen LogP contribution in [-0.2, 0) is 6.54 Å². The van der Waals surface area contributed by atoms with E-state index in [4.69, 9.17) is 11.6 Å². The molecule has 1 aromatic carbocycles. The third kappa shape index (κ3) is 3.38. The van der Waals surface area contributed by atoms with Crippen molar-refractivity contribution in [3.63, 3.8) is 0 Å². The van der Waals surface area contributed by atoms with Gasteiger partial charge in [0.05, 0.1) is 22.9 Å². The number of hydrogen-bond acceptors (Lipinski definition) is 2. The molecule has 0 bridgehead atoms. The number of anilines is 1. The Morgan fingerprint density at radius 1 is 1.39 bits per heavy atom. The summed E-state index contributed by atoms with van der Waals surface area (Å²) in [5.41, 5.74) is 1.95. The molecule has 0 radical (unpaired) electrons. The van der Waals surface area contributed by atoms with Crippen LogP contribution in [0.3, 0.4) is 0 Å². The third-order valence-corrected chi connectivity index (χ3v) is 3.57. The summed E-state index contributed by atoms with van der Waals surface area (Å²) in [6.07, 6.45) is 2.00. The molecule has 0 saturated heterocycles. The van der Waals surface area contributed by atoms with E-state index in [2.05, 4.69) is 46.9 Å². The molecule has 1 aromatic heterocycles. The molecule has 0 spiro atoms. The summed E-state index contributed by atoms with van der Waals surface area (Å²) in [5, 5.41) is 8.52. The van der Waals surface area contributed by atoms with Crippen molar-refractivity contribution >= 4 is 39.9 Å². The first-order valence-corrected chi connectivity index (χ1v) is 7.25. The van der Waals surface area contributed by atoms with E-state index in [1.54, 1.807) is 0 Å². The van der Waals surface area contributed by atoms with Gasteiger partial charge in [-0.2, -0.15) is 5.10 Å². The molecule has 3 nitrogen and oxygen atoms in total. The van der Waals surface area contributed by atoms with Gasteiger partial charge < -0.3 is 5.32 Å². The summed E-state index contributed by atoms with van der Waals surface area (Å²) in [4.78, 5) is 0. The maximum absolute atomic E-state index is 6.16. The Morgan fingerprint density at radius 3 is 2.78 bits per heavy atom. The Kier molecular flexibility index (Phi) is 4.50. The standard InChI is InChI=1S/C13H15ClIN3/c1-9(2)18-6-5-11(17-18)8-16-13-4-3-10(15)7-12(13)14/h3-7,9,16H,8H2,1-2H3. The van der Waals surface area contributed by atoms with Gasteiger partial charge in [-0.05, 0) is 60.7 Å². The number of nitrogens with one attached hydrogen (secondary N) is 1. The van der Waals surface area contributed by atoms with Crippen LogP contribution in [-0.4, -0.2) is 9.78 Å². The Hall–Kier alpha value is -0.750. The van der Waals surface area contributed by atoms with Crippen LogP contribution in [0.1, 0.15) is 25.6 Å². The Balaban J connectivity index is 2.02. The molecule has 0 aliphatic carbocycles. The van der Waals surface area contributed by atoms with Gasteiger partial charge in [-0.15, -0.1) is 0 Å². The van der Waals surface area contributed by atoms with E-state index in [0.29, 0.717) is 12.6 Å². The van der Waals surface area contributed by atoms with Crippen molar-refractivity contribution in [3.8, 4) is 0 Å². The number of hydrogen-bond donors (Lipinski definition) is 1. The van der Waals surface area contributed by atoms with Crippen molar-refractivity contribution < 1.29 is 0 Å². The SMILES string of the molecule is CC(C)n1ccc(CNc2ccc(I)cc2Cl)n1. The average molecular weight is 376 g/mol. The highest BCUT2D eigenvalue weighted by Crippen LogP contribution is 2.24. The highest BCUT2D eigenvalue weighted by atomic mass is 127. The molecule has 0 amide bonds. The van der Waals surface area contributed by atoms with E-state index in [9.17, 15) is 0 Å². The van der Waals surface area contributed by atoms with Crippen LogP contribution in [0.2, 0.25) is 5.02 Å². The van der Waals surface area contributed by atoms with E-state index in [-0.39, 0.29) is 0 Å². The van der Waals surface area contributed by atoms with Crippen molar-refractivity contribution in [1.29, 1.82) is 0 Å². The van der Waals surface area contributed by atoms with Gasteiger partial charge >= 0.3 is 0 Å². The lowest BCUT2D eigenvalue weighted by Gasteiger charge is -2.07. The zero-order valence-electron chi connectivity index (χ0n) is 10.3. The Morgan fingerprint density at radius 2 is 2.17 bits per heavy atom. The van der Waals surface area contributed by atoms with Crippen LogP contribution < -0.4 is 5.32 Å². The average Bonchev–Trinajstić information content (AvgIpc) is 2.76. The van der Waals surface area contributed by atoms with Gasteiger partial charge in [-0.25, -0.2) is 0 Å². The quantitative estimate of drug-likeness (QED) is 0.806. The normalized spacial score (nSPS) is 10.9. The molecular formula is C13H15ClIN3. The molecule has 0 fully saturated rings. The van der Waals surface area contributed by atoms with E-state index >= 15 is 0 Å². The predicted molar refractivity (Wildman–Crippen MR) is 84.1 cm³/mol. The first-order valence-electron chi connectivity index (χ1n) is 5.79. The number of aromatic nitrogens is 2. The largest absolute Gasteiger partial charge is 0.378 e. The summed E-state index contributed by atoms with van der Waals surface area (Å²) in [5.74, 6) is 0. The van der Waals surface area contributed by atoms with Gasteiger partial charge in [-0.3, -0.25) is 4.68 Å². The molecule has 18 heavy (non-hydrogen) atoms. The van der Waals surface area contributed by atoms with Crippen LogP contribution in [0.4, 0.5) is 5.69 Å². The molecular weight excluding hydrogens is 361 g/mol. The maximum atomic E-state index is 6.16. The maximum Gasteiger partial charge on any atom is 0.0815 e.